The zero-order chi connectivity index (χ0) is 40.6. The zero-order valence-corrected chi connectivity index (χ0v) is 34.7. The van der Waals surface area contributed by atoms with Crippen LogP contribution < -0.4 is 9.80 Å². The number of aromatic nitrogens is 2. The van der Waals surface area contributed by atoms with Crippen molar-refractivity contribution < 1.29 is 28.9 Å². The van der Waals surface area contributed by atoms with Gasteiger partial charge in [0.15, 0.2) is 0 Å². The summed E-state index contributed by atoms with van der Waals surface area (Å²) in [6, 6.07) is 19.8. The van der Waals surface area contributed by atoms with Crippen LogP contribution in [0.4, 0.5) is 21.0 Å². The summed E-state index contributed by atoms with van der Waals surface area (Å²) in [4.78, 5) is 42.5. The number of fused-ring (bicyclic) bond motifs is 4. The molecular formula is C45H62N6O6. The lowest BCUT2D eigenvalue weighted by Gasteiger charge is -2.42. The standard InChI is InChI=1S/C26H33N3O3.C19H29N3O3/c1-26(2,3)32-25(30)28-17-23-11-12-24(18-28)29(23)22-13-14-27-21(16-22)10-7-15-31-19-20-8-5-4-6-9-20;1-19(2,3)25-18(24)21-12-16-6-7-17(13-21)22(16)15-8-9-20-14(11-15)5-4-10-23/h4-10,13-14,16,23-24H,11-12,15,17-19H2,1-3H3;8-9,11,16-17,23H,4-7,10,12-13H2,1-3H3/b10-7+;. The summed E-state index contributed by atoms with van der Waals surface area (Å²) in [7, 11) is 0. The van der Waals surface area contributed by atoms with Gasteiger partial charge in [0.25, 0.3) is 0 Å². The molecule has 4 unspecified atom stereocenters. The van der Waals surface area contributed by atoms with Gasteiger partial charge in [-0.3, -0.25) is 9.97 Å². The Balaban J connectivity index is 0.000000199. The molecule has 0 aliphatic carbocycles. The normalized spacial score (nSPS) is 21.7. The fraction of sp³-hybridized carbons (Fsp3) is 0.556. The van der Waals surface area contributed by atoms with Gasteiger partial charge >= 0.3 is 12.2 Å². The number of carbonyl (C=O) groups excluding carboxylic acids is 2. The van der Waals surface area contributed by atoms with Gasteiger partial charge in [0.05, 0.1) is 18.9 Å². The number of aryl methyl sites for hydroxylation is 1. The molecule has 4 atom stereocenters. The number of nitrogens with zero attached hydrogens (tertiary/aromatic N) is 6. The van der Waals surface area contributed by atoms with E-state index in [0.717, 1.165) is 49.9 Å². The van der Waals surface area contributed by atoms with Gasteiger partial charge in [-0.15, -0.1) is 0 Å². The fourth-order valence-corrected chi connectivity index (χ4v) is 8.30. The highest BCUT2D eigenvalue weighted by atomic mass is 16.6. The van der Waals surface area contributed by atoms with E-state index in [-0.39, 0.29) is 18.8 Å². The van der Waals surface area contributed by atoms with Crippen molar-refractivity contribution in [1.29, 1.82) is 0 Å². The topological polar surface area (TPSA) is 121 Å². The number of anilines is 2. The maximum Gasteiger partial charge on any atom is 0.410 e. The molecule has 12 nitrogen and oxygen atoms in total. The Morgan fingerprint density at radius 1 is 0.737 bits per heavy atom. The number of rotatable bonds is 10. The van der Waals surface area contributed by atoms with Crippen LogP contribution in [-0.4, -0.2) is 112 Å². The summed E-state index contributed by atoms with van der Waals surface area (Å²) >= 11 is 0. The predicted molar refractivity (Wildman–Crippen MR) is 223 cm³/mol. The van der Waals surface area contributed by atoms with Crippen LogP contribution in [0.3, 0.4) is 0 Å². The maximum absolute atomic E-state index is 12.5. The third-order valence-electron chi connectivity index (χ3n) is 10.6. The average Bonchev–Trinajstić information content (AvgIpc) is 3.59. The molecule has 2 amide bonds. The van der Waals surface area contributed by atoms with Gasteiger partial charge in [-0.05, 0) is 116 Å². The van der Waals surface area contributed by atoms with E-state index < -0.39 is 11.2 Å². The lowest BCUT2D eigenvalue weighted by atomic mass is 10.1. The Kier molecular flexibility index (Phi) is 13.8. The first-order valence-corrected chi connectivity index (χ1v) is 20.6. The van der Waals surface area contributed by atoms with E-state index in [1.165, 1.54) is 16.9 Å². The van der Waals surface area contributed by atoms with Gasteiger partial charge in [0, 0.05) is 86.4 Å². The maximum atomic E-state index is 12.5. The van der Waals surface area contributed by atoms with Crippen molar-refractivity contribution >= 4 is 29.6 Å². The fourth-order valence-electron chi connectivity index (χ4n) is 8.30. The Labute approximate surface area is 338 Å². The predicted octanol–water partition coefficient (Wildman–Crippen LogP) is 7.49. The number of ether oxygens (including phenoxy) is 3. The van der Waals surface area contributed by atoms with Crippen LogP contribution in [0.2, 0.25) is 0 Å². The molecule has 0 radical (unpaired) electrons. The lowest BCUT2D eigenvalue weighted by Crippen LogP contribution is -2.56. The number of aliphatic hydroxyl groups excluding tert-OH is 1. The third-order valence-corrected chi connectivity index (χ3v) is 10.6. The summed E-state index contributed by atoms with van der Waals surface area (Å²) in [5.74, 6) is 0. The Hall–Kier alpha value is -4.68. The van der Waals surface area contributed by atoms with Crippen molar-refractivity contribution in [2.24, 2.45) is 0 Å². The molecule has 6 heterocycles. The molecule has 4 aliphatic rings. The van der Waals surface area contributed by atoms with Crippen LogP contribution >= 0.6 is 0 Å². The number of aliphatic hydroxyl groups is 1. The highest BCUT2D eigenvalue weighted by Crippen LogP contribution is 2.37. The largest absolute Gasteiger partial charge is 0.444 e. The van der Waals surface area contributed by atoms with E-state index >= 15 is 0 Å². The highest BCUT2D eigenvalue weighted by molar-refractivity contribution is 5.70. The zero-order valence-electron chi connectivity index (χ0n) is 34.7. The summed E-state index contributed by atoms with van der Waals surface area (Å²) in [6.45, 7) is 15.6. The molecule has 308 valence electrons. The number of piperazine rings is 2. The van der Waals surface area contributed by atoms with Gasteiger partial charge in [-0.25, -0.2) is 9.59 Å². The molecule has 0 saturated carbocycles. The molecule has 0 spiro atoms. The molecule has 4 bridgehead atoms. The summed E-state index contributed by atoms with van der Waals surface area (Å²) in [6.07, 6.45) is 13.2. The van der Waals surface area contributed by atoms with Gasteiger partial charge < -0.3 is 38.9 Å². The van der Waals surface area contributed by atoms with Crippen molar-refractivity contribution in [2.45, 2.75) is 122 Å². The number of pyridine rings is 2. The summed E-state index contributed by atoms with van der Waals surface area (Å²) < 4.78 is 16.9. The SMILES string of the molecule is CC(C)(C)OC(=O)N1CC2CCC(C1)N2c1ccnc(/C=C/COCc2ccccc2)c1.CC(C)(C)OC(=O)N1CC2CCC(C1)N2c1ccnc(CCCO)c1. The van der Waals surface area contributed by atoms with Gasteiger partial charge in [-0.2, -0.15) is 0 Å². The van der Waals surface area contributed by atoms with Crippen LogP contribution in [0.5, 0.6) is 0 Å². The molecule has 4 aliphatic heterocycles. The molecule has 1 N–H and O–H groups in total. The minimum absolute atomic E-state index is 0.186. The number of carbonyl (C=O) groups is 2. The molecule has 3 aromatic rings. The smallest absolute Gasteiger partial charge is 0.410 e. The number of amides is 2. The van der Waals surface area contributed by atoms with Crippen molar-refractivity contribution in [3.63, 3.8) is 0 Å². The van der Waals surface area contributed by atoms with Crippen LogP contribution in [0.1, 0.15) is 90.6 Å². The Morgan fingerprint density at radius 3 is 1.75 bits per heavy atom. The van der Waals surface area contributed by atoms with Crippen molar-refractivity contribution in [3.8, 4) is 0 Å². The molecule has 2 aromatic heterocycles. The van der Waals surface area contributed by atoms with Crippen LogP contribution in [0.25, 0.3) is 6.08 Å². The summed E-state index contributed by atoms with van der Waals surface area (Å²) in [5, 5.41) is 9.01. The van der Waals surface area contributed by atoms with E-state index in [9.17, 15) is 9.59 Å². The minimum Gasteiger partial charge on any atom is -0.444 e. The lowest BCUT2D eigenvalue weighted by molar-refractivity contribution is 0.0200. The summed E-state index contributed by atoms with van der Waals surface area (Å²) in [5.41, 5.74) is 4.52. The first kappa shape index (κ1) is 41.9. The molecular weight excluding hydrogens is 721 g/mol. The van der Waals surface area contributed by atoms with Crippen LogP contribution in [-0.2, 0) is 27.2 Å². The Bertz CT molecular complexity index is 1780. The van der Waals surface area contributed by atoms with Gasteiger partial charge in [-0.1, -0.05) is 36.4 Å². The number of hydrogen-bond donors (Lipinski definition) is 1. The molecule has 1 aromatic carbocycles. The van der Waals surface area contributed by atoms with E-state index in [0.29, 0.717) is 63.6 Å². The quantitative estimate of drug-likeness (QED) is 0.207. The first-order chi connectivity index (χ1) is 27.3. The number of likely N-dealkylation sites (tertiary alicyclic amines) is 2. The number of hydrogen-bond acceptors (Lipinski definition) is 10. The van der Waals surface area contributed by atoms with Crippen molar-refractivity contribution in [2.75, 3.05) is 49.2 Å². The second-order valence-corrected chi connectivity index (χ2v) is 17.5. The minimum atomic E-state index is -0.468. The van der Waals surface area contributed by atoms with E-state index in [4.69, 9.17) is 19.3 Å². The second-order valence-electron chi connectivity index (χ2n) is 17.5. The molecule has 4 saturated heterocycles. The molecule has 4 fully saturated rings. The van der Waals surface area contributed by atoms with E-state index in [2.05, 4.69) is 56.2 Å². The Morgan fingerprint density at radius 2 is 1.25 bits per heavy atom. The van der Waals surface area contributed by atoms with Crippen LogP contribution in [0, 0.1) is 0 Å². The highest BCUT2D eigenvalue weighted by Gasteiger charge is 2.44. The molecule has 57 heavy (non-hydrogen) atoms. The monoisotopic (exact) mass is 782 g/mol. The second kappa shape index (κ2) is 18.7. The average molecular weight is 783 g/mol. The van der Waals surface area contributed by atoms with Crippen molar-refractivity contribution in [1.82, 2.24) is 19.8 Å². The van der Waals surface area contributed by atoms with E-state index in [1.54, 1.807) is 0 Å². The van der Waals surface area contributed by atoms with Gasteiger partial charge in [0.1, 0.15) is 11.2 Å². The first-order valence-electron chi connectivity index (χ1n) is 20.6. The third kappa shape index (κ3) is 11.7. The van der Waals surface area contributed by atoms with Gasteiger partial charge in [0.2, 0.25) is 0 Å². The van der Waals surface area contributed by atoms with Crippen LogP contribution in [0.15, 0.2) is 73.1 Å². The number of benzene rings is 1. The van der Waals surface area contributed by atoms with E-state index in [1.807, 2.05) is 94.1 Å². The van der Waals surface area contributed by atoms with Crippen molar-refractivity contribution in [3.05, 3.63) is 90.0 Å². The molecule has 12 heteroatoms. The molecule has 7 rings (SSSR count).